The standard InChI is InChI=1S/C16H21F3N2O2/c1-11(15(22)21-9-7-12-6-8-20-10-12)23-14-5-3-2-4-13(14)16(17,18)19/h2-5,11-12,20H,6-10H2,1H3,(H,21,22). The third-order valence-electron chi connectivity index (χ3n) is 3.88. The Hall–Kier alpha value is -1.76. The molecule has 0 spiro atoms. The highest BCUT2D eigenvalue weighted by atomic mass is 19.4. The number of alkyl halides is 3. The van der Waals surface area contributed by atoms with Crippen LogP contribution in [0.5, 0.6) is 5.75 Å². The highest BCUT2D eigenvalue weighted by Crippen LogP contribution is 2.36. The maximum absolute atomic E-state index is 12.9. The zero-order chi connectivity index (χ0) is 16.9. The SMILES string of the molecule is CC(Oc1ccccc1C(F)(F)F)C(=O)NCCC1CCNC1. The number of rotatable bonds is 6. The highest BCUT2D eigenvalue weighted by molar-refractivity contribution is 5.80. The molecule has 1 fully saturated rings. The summed E-state index contributed by atoms with van der Waals surface area (Å²) in [6.07, 6.45) is -3.56. The van der Waals surface area contributed by atoms with Gasteiger partial charge in [-0.2, -0.15) is 13.2 Å². The number of hydrogen-bond acceptors (Lipinski definition) is 3. The lowest BCUT2D eigenvalue weighted by molar-refractivity contribution is -0.140. The zero-order valence-corrected chi connectivity index (χ0v) is 13.0. The van der Waals surface area contributed by atoms with Gasteiger partial charge in [-0.15, -0.1) is 0 Å². The molecule has 23 heavy (non-hydrogen) atoms. The van der Waals surface area contributed by atoms with Crippen LogP contribution < -0.4 is 15.4 Å². The summed E-state index contributed by atoms with van der Waals surface area (Å²) < 4.78 is 43.9. The van der Waals surface area contributed by atoms with Crippen molar-refractivity contribution in [2.24, 2.45) is 5.92 Å². The van der Waals surface area contributed by atoms with Crippen molar-refractivity contribution in [2.75, 3.05) is 19.6 Å². The minimum absolute atomic E-state index is 0.331. The van der Waals surface area contributed by atoms with Crippen LogP contribution >= 0.6 is 0 Å². The van der Waals surface area contributed by atoms with Gasteiger partial charge in [0.15, 0.2) is 6.10 Å². The van der Waals surface area contributed by atoms with Gasteiger partial charge in [0.05, 0.1) is 5.56 Å². The molecule has 1 aliphatic heterocycles. The molecule has 1 aliphatic rings. The van der Waals surface area contributed by atoms with E-state index in [-0.39, 0.29) is 5.75 Å². The Morgan fingerprint density at radius 2 is 2.17 bits per heavy atom. The lowest BCUT2D eigenvalue weighted by Gasteiger charge is -2.18. The van der Waals surface area contributed by atoms with E-state index in [0.717, 1.165) is 32.0 Å². The summed E-state index contributed by atoms with van der Waals surface area (Å²) in [5.74, 6) is -0.201. The normalized spacial score (nSPS) is 19.4. The van der Waals surface area contributed by atoms with Gasteiger partial charge in [-0.25, -0.2) is 0 Å². The minimum atomic E-state index is -4.51. The quantitative estimate of drug-likeness (QED) is 0.843. The van der Waals surface area contributed by atoms with Crippen LogP contribution in [0.25, 0.3) is 0 Å². The summed E-state index contributed by atoms with van der Waals surface area (Å²) in [5.41, 5.74) is -0.878. The molecule has 2 atom stereocenters. The van der Waals surface area contributed by atoms with Crippen LogP contribution in [0, 0.1) is 5.92 Å². The molecule has 7 heteroatoms. The largest absolute Gasteiger partial charge is 0.480 e. The van der Waals surface area contributed by atoms with Gasteiger partial charge < -0.3 is 15.4 Å². The van der Waals surface area contributed by atoms with Crippen molar-refractivity contribution in [3.05, 3.63) is 29.8 Å². The molecule has 0 saturated carbocycles. The van der Waals surface area contributed by atoms with Crippen LogP contribution in [-0.4, -0.2) is 31.6 Å². The van der Waals surface area contributed by atoms with Crippen molar-refractivity contribution in [1.82, 2.24) is 10.6 Å². The summed E-state index contributed by atoms with van der Waals surface area (Å²) in [6, 6.07) is 4.89. The molecule has 1 saturated heterocycles. The van der Waals surface area contributed by atoms with Gasteiger partial charge >= 0.3 is 6.18 Å². The van der Waals surface area contributed by atoms with Crippen LogP contribution in [0.3, 0.4) is 0 Å². The van der Waals surface area contributed by atoms with Crippen molar-refractivity contribution < 1.29 is 22.7 Å². The van der Waals surface area contributed by atoms with Gasteiger partial charge in [-0.05, 0) is 50.9 Å². The lowest BCUT2D eigenvalue weighted by Crippen LogP contribution is -2.37. The van der Waals surface area contributed by atoms with E-state index in [2.05, 4.69) is 10.6 Å². The first-order chi connectivity index (χ1) is 10.9. The third-order valence-corrected chi connectivity index (χ3v) is 3.88. The number of ether oxygens (including phenoxy) is 1. The Morgan fingerprint density at radius 3 is 2.83 bits per heavy atom. The van der Waals surface area contributed by atoms with Crippen molar-refractivity contribution >= 4 is 5.91 Å². The number of carbonyl (C=O) groups excluding carboxylic acids is 1. The molecule has 0 aliphatic carbocycles. The van der Waals surface area contributed by atoms with Crippen LogP contribution in [0.2, 0.25) is 0 Å². The number of hydrogen-bond donors (Lipinski definition) is 2. The summed E-state index contributed by atoms with van der Waals surface area (Å²) in [4.78, 5) is 11.9. The van der Waals surface area contributed by atoms with Gasteiger partial charge in [0.1, 0.15) is 5.75 Å². The maximum atomic E-state index is 12.9. The molecule has 0 aromatic heterocycles. The van der Waals surface area contributed by atoms with Crippen LogP contribution in [0.4, 0.5) is 13.2 Å². The summed E-state index contributed by atoms with van der Waals surface area (Å²) in [6.45, 7) is 3.88. The molecule has 2 unspecified atom stereocenters. The van der Waals surface area contributed by atoms with E-state index < -0.39 is 23.8 Å². The predicted molar refractivity (Wildman–Crippen MR) is 80.1 cm³/mol. The summed E-state index contributed by atoms with van der Waals surface area (Å²) >= 11 is 0. The Balaban J connectivity index is 1.86. The third kappa shape index (κ3) is 5.13. The topological polar surface area (TPSA) is 50.4 Å². The van der Waals surface area contributed by atoms with Crippen molar-refractivity contribution in [3.8, 4) is 5.75 Å². The van der Waals surface area contributed by atoms with Crippen LogP contribution in [0.1, 0.15) is 25.3 Å². The van der Waals surface area contributed by atoms with Gasteiger partial charge in [0.25, 0.3) is 5.91 Å². The van der Waals surface area contributed by atoms with Crippen molar-refractivity contribution in [3.63, 3.8) is 0 Å². The number of para-hydroxylation sites is 1. The molecule has 128 valence electrons. The number of carbonyl (C=O) groups is 1. The minimum Gasteiger partial charge on any atom is -0.480 e. The fraction of sp³-hybridized carbons (Fsp3) is 0.562. The van der Waals surface area contributed by atoms with Crippen LogP contribution in [-0.2, 0) is 11.0 Å². The Kier molecular flexibility index (Phi) is 5.87. The first-order valence-electron chi connectivity index (χ1n) is 7.69. The maximum Gasteiger partial charge on any atom is 0.419 e. The van der Waals surface area contributed by atoms with E-state index in [4.69, 9.17) is 4.74 Å². The van der Waals surface area contributed by atoms with E-state index in [1.807, 2.05) is 0 Å². The molecule has 1 heterocycles. The van der Waals surface area contributed by atoms with Crippen molar-refractivity contribution in [2.45, 2.75) is 32.0 Å². The first kappa shape index (κ1) is 17.6. The lowest BCUT2D eigenvalue weighted by atomic mass is 10.1. The molecule has 2 rings (SSSR count). The molecule has 1 aromatic carbocycles. The van der Waals surface area contributed by atoms with Crippen LogP contribution in [0.15, 0.2) is 24.3 Å². The molecular formula is C16H21F3N2O2. The number of nitrogens with one attached hydrogen (secondary N) is 2. The fourth-order valence-corrected chi connectivity index (χ4v) is 2.55. The van der Waals surface area contributed by atoms with Gasteiger partial charge in [-0.3, -0.25) is 4.79 Å². The van der Waals surface area contributed by atoms with E-state index in [1.165, 1.54) is 25.1 Å². The van der Waals surface area contributed by atoms with E-state index in [9.17, 15) is 18.0 Å². The van der Waals surface area contributed by atoms with Crippen molar-refractivity contribution in [1.29, 1.82) is 0 Å². The first-order valence-corrected chi connectivity index (χ1v) is 7.69. The van der Waals surface area contributed by atoms with E-state index in [0.29, 0.717) is 12.5 Å². The average molecular weight is 330 g/mol. The second-order valence-corrected chi connectivity index (χ2v) is 5.69. The highest BCUT2D eigenvalue weighted by Gasteiger charge is 2.34. The van der Waals surface area contributed by atoms with Gasteiger partial charge in [-0.1, -0.05) is 12.1 Å². The fourth-order valence-electron chi connectivity index (χ4n) is 2.55. The number of benzene rings is 1. The Morgan fingerprint density at radius 1 is 1.43 bits per heavy atom. The second kappa shape index (κ2) is 7.68. The number of halogens is 3. The molecule has 0 bridgehead atoms. The summed E-state index contributed by atoms with van der Waals surface area (Å²) in [7, 11) is 0. The second-order valence-electron chi connectivity index (χ2n) is 5.69. The average Bonchev–Trinajstić information content (AvgIpc) is 3.00. The molecular weight excluding hydrogens is 309 g/mol. The van der Waals surface area contributed by atoms with E-state index in [1.54, 1.807) is 0 Å². The molecule has 2 N–H and O–H groups in total. The summed E-state index contributed by atoms with van der Waals surface area (Å²) in [5, 5.41) is 5.96. The number of amides is 1. The Labute approximate surface area is 133 Å². The Bertz CT molecular complexity index is 528. The molecule has 0 radical (unpaired) electrons. The van der Waals surface area contributed by atoms with Gasteiger partial charge in [0.2, 0.25) is 0 Å². The smallest absolute Gasteiger partial charge is 0.419 e. The van der Waals surface area contributed by atoms with E-state index >= 15 is 0 Å². The predicted octanol–water partition coefficient (Wildman–Crippen LogP) is 2.59. The van der Waals surface area contributed by atoms with Gasteiger partial charge in [0, 0.05) is 6.54 Å². The zero-order valence-electron chi connectivity index (χ0n) is 13.0. The molecule has 4 nitrogen and oxygen atoms in total. The monoisotopic (exact) mass is 330 g/mol. The molecule has 1 amide bonds. The molecule has 1 aromatic rings.